The molecule has 2 amide bonds. The van der Waals surface area contributed by atoms with Crippen molar-refractivity contribution < 1.29 is 14.0 Å². The highest BCUT2D eigenvalue weighted by Gasteiger charge is 2.28. The van der Waals surface area contributed by atoms with Crippen LogP contribution in [0.2, 0.25) is 0 Å². The van der Waals surface area contributed by atoms with Crippen LogP contribution in [0.3, 0.4) is 0 Å². The predicted octanol–water partition coefficient (Wildman–Crippen LogP) is 1.72. The van der Waals surface area contributed by atoms with Gasteiger partial charge in [0, 0.05) is 12.2 Å². The number of para-hydroxylation sites is 1. The molecule has 9 nitrogen and oxygen atoms in total. The second-order valence-electron chi connectivity index (χ2n) is 7.76. The Morgan fingerprint density at radius 2 is 1.82 bits per heavy atom. The van der Waals surface area contributed by atoms with Gasteiger partial charge in [0.15, 0.2) is 11.3 Å². The van der Waals surface area contributed by atoms with Crippen LogP contribution in [0.4, 0.5) is 10.1 Å². The zero-order chi connectivity index (χ0) is 23.3. The molecule has 1 aliphatic heterocycles. The van der Waals surface area contributed by atoms with Crippen LogP contribution < -0.4 is 16.3 Å². The van der Waals surface area contributed by atoms with Gasteiger partial charge in [-0.15, -0.1) is 0 Å². The molecule has 0 spiro atoms. The van der Waals surface area contributed by atoms with Crippen molar-refractivity contribution in [1.82, 2.24) is 19.1 Å². The van der Waals surface area contributed by atoms with Gasteiger partial charge in [0.05, 0.1) is 5.69 Å². The molecule has 3 heterocycles. The third-order valence-electron chi connectivity index (χ3n) is 5.68. The van der Waals surface area contributed by atoms with E-state index in [0.717, 1.165) is 15.8 Å². The van der Waals surface area contributed by atoms with Crippen LogP contribution in [0.15, 0.2) is 53.3 Å². The highest BCUT2D eigenvalue weighted by molar-refractivity contribution is 6.03. The molecule has 2 N–H and O–H groups in total. The SMILES string of the molecule is Cc1nc(C(N)=O)c2c(n1)n(-c1ccc(F)cc1)c(=O)n2CC(=O)N1CCc2ccccc21. The fourth-order valence-electron chi connectivity index (χ4n) is 4.22. The molecule has 0 unspecified atom stereocenters. The summed E-state index contributed by atoms with van der Waals surface area (Å²) in [5.74, 6) is -1.42. The number of anilines is 1. The van der Waals surface area contributed by atoms with Crippen molar-refractivity contribution in [3.8, 4) is 5.69 Å². The van der Waals surface area contributed by atoms with Gasteiger partial charge in [0.2, 0.25) is 5.91 Å². The number of aryl methyl sites for hydroxylation is 1. The van der Waals surface area contributed by atoms with E-state index in [1.54, 1.807) is 11.8 Å². The standard InChI is InChI=1S/C23H19FN6O3/c1-13-26-19(21(25)32)20-22(27-13)30(16-8-6-15(24)7-9-16)23(33)29(20)12-18(31)28-11-10-14-4-2-3-5-17(14)28/h2-9H,10-12H2,1H3,(H2,25,32). The maximum Gasteiger partial charge on any atom is 0.335 e. The molecule has 0 radical (unpaired) electrons. The maximum atomic E-state index is 13.5. The monoisotopic (exact) mass is 446 g/mol. The van der Waals surface area contributed by atoms with Crippen LogP contribution in [0.1, 0.15) is 21.9 Å². The molecule has 0 saturated carbocycles. The summed E-state index contributed by atoms with van der Waals surface area (Å²) in [7, 11) is 0. The van der Waals surface area contributed by atoms with Crippen molar-refractivity contribution in [1.29, 1.82) is 0 Å². The Kier molecular flexibility index (Phi) is 4.77. The first kappa shape index (κ1) is 20.6. The molecule has 2 aromatic carbocycles. The number of benzene rings is 2. The molecule has 0 fully saturated rings. The molecule has 10 heteroatoms. The highest BCUT2D eigenvalue weighted by atomic mass is 19.1. The van der Waals surface area contributed by atoms with E-state index in [9.17, 15) is 18.8 Å². The van der Waals surface area contributed by atoms with Crippen LogP contribution >= 0.6 is 0 Å². The van der Waals surface area contributed by atoms with E-state index in [0.29, 0.717) is 18.7 Å². The van der Waals surface area contributed by atoms with E-state index in [1.165, 1.54) is 28.8 Å². The lowest BCUT2D eigenvalue weighted by Crippen LogP contribution is -2.36. The normalized spacial score (nSPS) is 12.8. The fourth-order valence-corrected chi connectivity index (χ4v) is 4.22. The Morgan fingerprint density at radius 1 is 1.09 bits per heavy atom. The summed E-state index contributed by atoms with van der Waals surface area (Å²) in [6.07, 6.45) is 0.711. The van der Waals surface area contributed by atoms with Crippen LogP contribution in [0.25, 0.3) is 16.9 Å². The summed E-state index contributed by atoms with van der Waals surface area (Å²) >= 11 is 0. The number of amides is 2. The Morgan fingerprint density at radius 3 is 2.55 bits per heavy atom. The minimum absolute atomic E-state index is 0.0586. The largest absolute Gasteiger partial charge is 0.364 e. The zero-order valence-corrected chi connectivity index (χ0v) is 17.7. The highest BCUT2D eigenvalue weighted by Crippen LogP contribution is 2.28. The Labute approximate surface area is 186 Å². The topological polar surface area (TPSA) is 116 Å². The number of carbonyl (C=O) groups is 2. The van der Waals surface area contributed by atoms with Gasteiger partial charge in [0.25, 0.3) is 5.91 Å². The lowest BCUT2D eigenvalue weighted by atomic mass is 10.2. The van der Waals surface area contributed by atoms with Gasteiger partial charge in [-0.05, 0) is 49.2 Å². The van der Waals surface area contributed by atoms with Crippen molar-refractivity contribution in [2.75, 3.05) is 11.4 Å². The lowest BCUT2D eigenvalue weighted by molar-refractivity contribution is -0.119. The molecule has 0 aliphatic carbocycles. The lowest BCUT2D eigenvalue weighted by Gasteiger charge is -2.17. The average molecular weight is 446 g/mol. The number of rotatable bonds is 4. The van der Waals surface area contributed by atoms with E-state index >= 15 is 0 Å². The van der Waals surface area contributed by atoms with Crippen molar-refractivity contribution in [3.05, 3.63) is 81.9 Å². The van der Waals surface area contributed by atoms with Crippen molar-refractivity contribution in [2.45, 2.75) is 19.9 Å². The quantitative estimate of drug-likeness (QED) is 0.512. The summed E-state index contributed by atoms with van der Waals surface area (Å²) in [4.78, 5) is 49.0. The zero-order valence-electron chi connectivity index (χ0n) is 17.7. The summed E-state index contributed by atoms with van der Waals surface area (Å²) in [6, 6.07) is 12.8. The second kappa shape index (κ2) is 7.66. The van der Waals surface area contributed by atoms with E-state index in [1.807, 2.05) is 24.3 Å². The van der Waals surface area contributed by atoms with Crippen molar-refractivity contribution >= 4 is 28.7 Å². The van der Waals surface area contributed by atoms with Gasteiger partial charge in [-0.1, -0.05) is 18.2 Å². The number of nitrogens with zero attached hydrogens (tertiary/aromatic N) is 5. The summed E-state index contributed by atoms with van der Waals surface area (Å²) in [6.45, 7) is 1.71. The van der Waals surface area contributed by atoms with Crippen molar-refractivity contribution in [3.63, 3.8) is 0 Å². The molecule has 166 valence electrons. The second-order valence-corrected chi connectivity index (χ2v) is 7.76. The van der Waals surface area contributed by atoms with Crippen LogP contribution in [0.5, 0.6) is 0 Å². The smallest absolute Gasteiger partial charge is 0.335 e. The minimum atomic E-state index is -0.852. The van der Waals surface area contributed by atoms with Crippen LogP contribution in [-0.4, -0.2) is 37.5 Å². The molecule has 5 rings (SSSR count). The predicted molar refractivity (Wildman–Crippen MR) is 119 cm³/mol. The number of aromatic nitrogens is 4. The molecule has 33 heavy (non-hydrogen) atoms. The first-order valence-corrected chi connectivity index (χ1v) is 10.3. The maximum absolute atomic E-state index is 13.5. The van der Waals surface area contributed by atoms with Gasteiger partial charge in [-0.25, -0.2) is 23.7 Å². The van der Waals surface area contributed by atoms with Gasteiger partial charge in [-0.2, -0.15) is 0 Å². The van der Waals surface area contributed by atoms with Gasteiger partial charge < -0.3 is 10.6 Å². The summed E-state index contributed by atoms with van der Waals surface area (Å²) < 4.78 is 15.9. The van der Waals surface area contributed by atoms with E-state index < -0.39 is 17.4 Å². The molecule has 1 aliphatic rings. The molecule has 0 atom stereocenters. The number of hydrogen-bond donors (Lipinski definition) is 1. The first-order valence-electron chi connectivity index (χ1n) is 10.3. The van der Waals surface area contributed by atoms with Gasteiger partial charge >= 0.3 is 5.69 Å². The minimum Gasteiger partial charge on any atom is -0.364 e. The third kappa shape index (κ3) is 3.36. The number of nitrogens with two attached hydrogens (primary N) is 1. The molecule has 0 bridgehead atoms. The number of fused-ring (bicyclic) bond motifs is 2. The molecule has 4 aromatic rings. The van der Waals surface area contributed by atoms with E-state index in [2.05, 4.69) is 9.97 Å². The molecular weight excluding hydrogens is 427 g/mol. The molecular formula is C23H19FN6O3. The Hall–Kier alpha value is -4.34. The third-order valence-corrected chi connectivity index (χ3v) is 5.68. The van der Waals surface area contributed by atoms with Crippen LogP contribution in [-0.2, 0) is 17.8 Å². The average Bonchev–Trinajstić information content (AvgIpc) is 3.33. The Bertz CT molecular complexity index is 1490. The number of carbonyl (C=O) groups excluding carboxylic acids is 2. The summed E-state index contributed by atoms with van der Waals surface area (Å²) in [5.41, 5.74) is 7.12. The summed E-state index contributed by atoms with van der Waals surface area (Å²) in [5, 5.41) is 0. The van der Waals surface area contributed by atoms with Crippen LogP contribution in [0, 0.1) is 12.7 Å². The first-order chi connectivity index (χ1) is 15.8. The Balaban J connectivity index is 1.69. The molecule has 0 saturated heterocycles. The number of halogens is 1. The fraction of sp³-hybridized carbons (Fsp3) is 0.174. The van der Waals surface area contributed by atoms with E-state index in [4.69, 9.17) is 5.73 Å². The van der Waals surface area contributed by atoms with E-state index in [-0.39, 0.29) is 35.1 Å². The number of primary amides is 1. The number of hydrogen-bond acceptors (Lipinski definition) is 5. The van der Waals surface area contributed by atoms with Crippen molar-refractivity contribution in [2.24, 2.45) is 5.73 Å². The van der Waals surface area contributed by atoms with Gasteiger partial charge in [-0.3, -0.25) is 14.2 Å². The number of imidazole rings is 1. The van der Waals surface area contributed by atoms with Gasteiger partial charge in [0.1, 0.15) is 23.7 Å². The molecule has 2 aromatic heterocycles.